The summed E-state index contributed by atoms with van der Waals surface area (Å²) in [5.74, 6) is -0.0119. The molecule has 1 saturated heterocycles. The summed E-state index contributed by atoms with van der Waals surface area (Å²) in [6.07, 6.45) is 8.39. The van der Waals surface area contributed by atoms with Crippen molar-refractivity contribution < 1.29 is 4.79 Å². The van der Waals surface area contributed by atoms with Crippen molar-refractivity contribution >= 4 is 5.78 Å². The lowest BCUT2D eigenvalue weighted by Crippen LogP contribution is -2.37. The first-order chi connectivity index (χ1) is 9.31. The molecule has 3 atom stereocenters. The van der Waals surface area contributed by atoms with E-state index in [9.17, 15) is 10.1 Å². The van der Waals surface area contributed by atoms with Crippen molar-refractivity contribution in [3.8, 4) is 6.07 Å². The Morgan fingerprint density at radius 3 is 2.79 bits per heavy atom. The molecule has 0 saturated carbocycles. The van der Waals surface area contributed by atoms with Crippen LogP contribution < -0.4 is 0 Å². The summed E-state index contributed by atoms with van der Waals surface area (Å²) in [7, 11) is 0. The van der Waals surface area contributed by atoms with Crippen LogP contribution in [0.4, 0.5) is 0 Å². The van der Waals surface area contributed by atoms with Gasteiger partial charge in [-0.3, -0.25) is 4.79 Å². The van der Waals surface area contributed by atoms with E-state index >= 15 is 0 Å². The van der Waals surface area contributed by atoms with Crippen molar-refractivity contribution in [3.05, 3.63) is 60.3 Å². The zero-order chi connectivity index (χ0) is 13.2. The number of carbonyl (C=O) groups is 1. The van der Waals surface area contributed by atoms with Gasteiger partial charge in [0, 0.05) is 11.8 Å². The second-order valence-corrected chi connectivity index (χ2v) is 4.88. The third kappa shape index (κ3) is 1.96. The highest BCUT2D eigenvalue weighted by atomic mass is 16.1. The number of nitrogens with zero attached hydrogens (tertiary/aromatic N) is 2. The Balaban J connectivity index is 1.90. The molecule has 19 heavy (non-hydrogen) atoms. The summed E-state index contributed by atoms with van der Waals surface area (Å²) in [5, 5.41) is 9.23. The van der Waals surface area contributed by atoms with Crippen LogP contribution in [-0.2, 0) is 0 Å². The Morgan fingerprint density at radius 1 is 1.26 bits per heavy atom. The summed E-state index contributed by atoms with van der Waals surface area (Å²) in [6.45, 7) is 0. The van der Waals surface area contributed by atoms with E-state index in [0.717, 1.165) is 0 Å². The number of Topliss-reactive ketones (excluding diaryl/α,β-unsaturated/α-hetero) is 1. The van der Waals surface area contributed by atoms with E-state index in [2.05, 4.69) is 6.07 Å². The lowest BCUT2D eigenvalue weighted by molar-refractivity contribution is 0.0893. The molecule has 0 amide bonds. The van der Waals surface area contributed by atoms with Crippen molar-refractivity contribution in [3.63, 3.8) is 0 Å². The fraction of sp³-hybridized carbons (Fsp3) is 0.250. The highest BCUT2D eigenvalue weighted by molar-refractivity contribution is 6.00. The standard InChI is InChI=1S/C16H14N2O/c17-11-13-10-15(18-9-5-4-8-14(13)18)16(19)12-6-2-1-3-7-12/h1-9,13-15H,10H2. The molecule has 2 aliphatic heterocycles. The van der Waals surface area contributed by atoms with Gasteiger partial charge in [0.25, 0.3) is 0 Å². The van der Waals surface area contributed by atoms with Crippen LogP contribution in [0, 0.1) is 17.2 Å². The summed E-state index contributed by atoms with van der Waals surface area (Å²) in [5.41, 5.74) is 0.716. The summed E-state index contributed by atoms with van der Waals surface area (Å²) in [6, 6.07) is 11.4. The Morgan fingerprint density at radius 2 is 2.05 bits per heavy atom. The monoisotopic (exact) mass is 250 g/mol. The number of rotatable bonds is 2. The molecule has 0 radical (unpaired) electrons. The Bertz CT molecular complexity index is 583. The SMILES string of the molecule is N#CC1CC(C(=O)c2ccccc2)N2C=CC=CC12. The molecule has 1 fully saturated rings. The van der Waals surface area contributed by atoms with Gasteiger partial charge in [-0.1, -0.05) is 42.5 Å². The van der Waals surface area contributed by atoms with Crippen molar-refractivity contribution in [1.82, 2.24) is 4.90 Å². The van der Waals surface area contributed by atoms with Gasteiger partial charge in [0.05, 0.1) is 24.1 Å². The molecule has 0 bridgehead atoms. The van der Waals surface area contributed by atoms with Crippen molar-refractivity contribution in [2.75, 3.05) is 0 Å². The van der Waals surface area contributed by atoms with E-state index in [4.69, 9.17) is 0 Å². The maximum absolute atomic E-state index is 12.6. The van der Waals surface area contributed by atoms with Crippen LogP contribution >= 0.6 is 0 Å². The van der Waals surface area contributed by atoms with Gasteiger partial charge in [0.1, 0.15) is 0 Å². The zero-order valence-electron chi connectivity index (χ0n) is 10.4. The van der Waals surface area contributed by atoms with E-state index in [-0.39, 0.29) is 23.8 Å². The number of hydrogen-bond acceptors (Lipinski definition) is 3. The largest absolute Gasteiger partial charge is 0.359 e. The number of benzene rings is 1. The van der Waals surface area contributed by atoms with Gasteiger partial charge in [-0.05, 0) is 12.5 Å². The van der Waals surface area contributed by atoms with Crippen LogP contribution in [0.3, 0.4) is 0 Å². The predicted molar refractivity (Wildman–Crippen MR) is 72.2 cm³/mol. The number of hydrogen-bond donors (Lipinski definition) is 0. The van der Waals surface area contributed by atoms with Gasteiger partial charge >= 0.3 is 0 Å². The number of allylic oxidation sites excluding steroid dienone is 2. The molecule has 94 valence electrons. The molecule has 3 nitrogen and oxygen atoms in total. The molecule has 2 aliphatic rings. The van der Waals surface area contributed by atoms with Crippen LogP contribution in [-0.4, -0.2) is 22.8 Å². The van der Waals surface area contributed by atoms with Crippen LogP contribution in [0.15, 0.2) is 54.8 Å². The molecule has 0 N–H and O–H groups in total. The first-order valence-corrected chi connectivity index (χ1v) is 6.42. The minimum atomic E-state index is -0.224. The Hall–Kier alpha value is -2.34. The molecular formula is C16H14N2O. The second kappa shape index (κ2) is 4.74. The number of fused-ring (bicyclic) bond motifs is 1. The van der Waals surface area contributed by atoms with E-state index in [1.807, 2.05) is 59.7 Å². The number of carbonyl (C=O) groups excluding carboxylic acids is 1. The molecule has 0 aromatic heterocycles. The van der Waals surface area contributed by atoms with E-state index in [1.165, 1.54) is 0 Å². The molecule has 1 aromatic rings. The topological polar surface area (TPSA) is 44.1 Å². The average Bonchev–Trinajstić information content (AvgIpc) is 2.86. The first kappa shape index (κ1) is 11.7. The molecule has 1 aromatic carbocycles. The second-order valence-electron chi connectivity index (χ2n) is 4.88. The maximum Gasteiger partial charge on any atom is 0.185 e. The van der Waals surface area contributed by atoms with E-state index < -0.39 is 0 Å². The summed E-state index contributed by atoms with van der Waals surface area (Å²) < 4.78 is 0. The van der Waals surface area contributed by atoms with Gasteiger partial charge in [0.2, 0.25) is 0 Å². The summed E-state index contributed by atoms with van der Waals surface area (Å²) >= 11 is 0. The predicted octanol–water partition coefficient (Wildman–Crippen LogP) is 2.54. The third-order valence-electron chi connectivity index (χ3n) is 3.80. The molecular weight excluding hydrogens is 236 g/mol. The van der Waals surface area contributed by atoms with Crippen LogP contribution in [0.5, 0.6) is 0 Å². The van der Waals surface area contributed by atoms with Crippen LogP contribution in [0.2, 0.25) is 0 Å². The number of ketones is 1. The average molecular weight is 250 g/mol. The maximum atomic E-state index is 12.6. The van der Waals surface area contributed by atoms with E-state index in [1.54, 1.807) is 0 Å². The van der Waals surface area contributed by atoms with E-state index in [0.29, 0.717) is 12.0 Å². The molecule has 0 spiro atoms. The molecule has 0 aliphatic carbocycles. The fourth-order valence-corrected chi connectivity index (χ4v) is 2.85. The van der Waals surface area contributed by atoms with Gasteiger partial charge in [0.15, 0.2) is 5.78 Å². The number of nitriles is 1. The minimum Gasteiger partial charge on any atom is -0.359 e. The first-order valence-electron chi connectivity index (χ1n) is 6.42. The van der Waals surface area contributed by atoms with Crippen molar-refractivity contribution in [2.24, 2.45) is 5.92 Å². The van der Waals surface area contributed by atoms with Crippen LogP contribution in [0.1, 0.15) is 16.8 Å². The van der Waals surface area contributed by atoms with Gasteiger partial charge < -0.3 is 4.90 Å². The lowest BCUT2D eigenvalue weighted by atomic mass is 9.97. The lowest BCUT2D eigenvalue weighted by Gasteiger charge is -2.28. The highest BCUT2D eigenvalue weighted by Gasteiger charge is 2.42. The third-order valence-corrected chi connectivity index (χ3v) is 3.80. The normalized spacial score (nSPS) is 27.9. The Kier molecular flexibility index (Phi) is 2.92. The van der Waals surface area contributed by atoms with Gasteiger partial charge in [-0.15, -0.1) is 0 Å². The molecule has 3 rings (SSSR count). The highest BCUT2D eigenvalue weighted by Crippen LogP contribution is 2.34. The minimum absolute atomic E-state index is 0.0349. The molecule has 3 heteroatoms. The summed E-state index contributed by atoms with van der Waals surface area (Å²) in [4.78, 5) is 14.6. The van der Waals surface area contributed by atoms with Gasteiger partial charge in [-0.25, -0.2) is 0 Å². The fourth-order valence-electron chi connectivity index (χ4n) is 2.85. The van der Waals surface area contributed by atoms with Gasteiger partial charge in [-0.2, -0.15) is 5.26 Å². The quantitative estimate of drug-likeness (QED) is 0.758. The Labute approximate surface area is 112 Å². The zero-order valence-corrected chi connectivity index (χ0v) is 10.4. The molecule has 3 unspecified atom stereocenters. The van der Waals surface area contributed by atoms with Crippen LogP contribution in [0.25, 0.3) is 0 Å². The molecule has 2 heterocycles. The van der Waals surface area contributed by atoms with Crippen molar-refractivity contribution in [1.29, 1.82) is 5.26 Å². The van der Waals surface area contributed by atoms with Crippen molar-refractivity contribution in [2.45, 2.75) is 18.5 Å². The smallest absolute Gasteiger partial charge is 0.185 e.